The molecule has 0 aliphatic carbocycles. The number of rotatable bonds is 5. The summed E-state index contributed by atoms with van der Waals surface area (Å²) in [6.07, 6.45) is 3.12. The normalized spacial score (nSPS) is 15.2. The summed E-state index contributed by atoms with van der Waals surface area (Å²) in [6.45, 7) is 7.97. The van der Waals surface area contributed by atoms with Crippen LogP contribution >= 0.6 is 0 Å². The first-order valence-electron chi connectivity index (χ1n) is 8.82. The highest BCUT2D eigenvalue weighted by molar-refractivity contribution is 5.90. The molecule has 0 aromatic carbocycles. The van der Waals surface area contributed by atoms with Gasteiger partial charge in [-0.1, -0.05) is 0 Å². The molecule has 1 fully saturated rings. The van der Waals surface area contributed by atoms with E-state index < -0.39 is 0 Å². The number of carbonyl (C=O) groups excluding carboxylic acids is 1. The molecule has 0 spiro atoms. The maximum absolute atomic E-state index is 12.2. The number of amides is 2. The van der Waals surface area contributed by atoms with Crippen LogP contribution in [0.5, 0.6) is 0 Å². The van der Waals surface area contributed by atoms with E-state index >= 15 is 0 Å². The SMILES string of the molecule is Cc1cc(C[C@@H](C)NC(=O)Nc2ccc(N3CCCC3)nc2C)n[nH]1. The molecular formula is C18H26N6O. The number of hydrogen-bond donors (Lipinski definition) is 3. The van der Waals surface area contributed by atoms with Gasteiger partial charge in [0.25, 0.3) is 0 Å². The lowest BCUT2D eigenvalue weighted by Gasteiger charge is -2.18. The second-order valence-corrected chi connectivity index (χ2v) is 6.74. The summed E-state index contributed by atoms with van der Waals surface area (Å²) in [7, 11) is 0. The Kier molecular flexibility index (Phi) is 5.21. The van der Waals surface area contributed by atoms with Crippen molar-refractivity contribution in [2.45, 2.75) is 46.1 Å². The molecule has 3 N–H and O–H groups in total. The number of aryl methyl sites for hydroxylation is 2. The third-order valence-electron chi connectivity index (χ3n) is 4.40. The lowest BCUT2D eigenvalue weighted by Crippen LogP contribution is -2.37. The van der Waals surface area contributed by atoms with Crippen molar-refractivity contribution in [2.24, 2.45) is 0 Å². The second kappa shape index (κ2) is 7.55. The van der Waals surface area contributed by atoms with Crippen LogP contribution in [0, 0.1) is 13.8 Å². The number of urea groups is 1. The number of hydrogen-bond acceptors (Lipinski definition) is 4. The number of nitrogens with one attached hydrogen (secondary N) is 3. The largest absolute Gasteiger partial charge is 0.357 e. The van der Waals surface area contributed by atoms with Gasteiger partial charge in [-0.15, -0.1) is 0 Å². The summed E-state index contributed by atoms with van der Waals surface area (Å²) in [5.41, 5.74) is 3.53. The molecule has 7 nitrogen and oxygen atoms in total. The van der Waals surface area contributed by atoms with E-state index in [2.05, 4.69) is 30.7 Å². The van der Waals surface area contributed by atoms with Crippen LogP contribution in [0.15, 0.2) is 18.2 Å². The minimum Gasteiger partial charge on any atom is -0.357 e. The van der Waals surface area contributed by atoms with Crippen LogP contribution in [-0.4, -0.2) is 40.3 Å². The summed E-state index contributed by atoms with van der Waals surface area (Å²) >= 11 is 0. The summed E-state index contributed by atoms with van der Waals surface area (Å²) in [6, 6.07) is 5.65. The highest BCUT2D eigenvalue weighted by Crippen LogP contribution is 2.22. The van der Waals surface area contributed by atoms with E-state index in [-0.39, 0.29) is 12.1 Å². The van der Waals surface area contributed by atoms with E-state index in [1.165, 1.54) is 12.8 Å². The van der Waals surface area contributed by atoms with Crippen LogP contribution in [0.1, 0.15) is 36.8 Å². The van der Waals surface area contributed by atoms with E-state index in [1.807, 2.05) is 39.0 Å². The summed E-state index contributed by atoms with van der Waals surface area (Å²) in [5.74, 6) is 0.989. The van der Waals surface area contributed by atoms with Gasteiger partial charge in [-0.2, -0.15) is 5.10 Å². The van der Waals surface area contributed by atoms with Crippen LogP contribution in [0.4, 0.5) is 16.3 Å². The summed E-state index contributed by atoms with van der Waals surface area (Å²) in [5, 5.41) is 12.9. The summed E-state index contributed by atoms with van der Waals surface area (Å²) < 4.78 is 0. The van der Waals surface area contributed by atoms with Gasteiger partial charge in [-0.25, -0.2) is 9.78 Å². The van der Waals surface area contributed by atoms with Crippen LogP contribution < -0.4 is 15.5 Å². The molecule has 1 atom stereocenters. The fraction of sp³-hybridized carbons (Fsp3) is 0.500. The van der Waals surface area contributed by atoms with Crippen molar-refractivity contribution < 1.29 is 4.79 Å². The molecule has 1 aliphatic rings. The molecule has 1 aliphatic heterocycles. The second-order valence-electron chi connectivity index (χ2n) is 6.74. The van der Waals surface area contributed by atoms with E-state index in [1.54, 1.807) is 0 Å². The Bertz CT molecular complexity index is 735. The minimum atomic E-state index is -0.224. The Hall–Kier alpha value is -2.57. The van der Waals surface area contributed by atoms with Gasteiger partial charge in [0.1, 0.15) is 5.82 Å². The van der Waals surface area contributed by atoms with Gasteiger partial charge >= 0.3 is 6.03 Å². The van der Waals surface area contributed by atoms with Crippen LogP contribution in [-0.2, 0) is 6.42 Å². The van der Waals surface area contributed by atoms with E-state index in [0.717, 1.165) is 41.7 Å². The molecule has 2 amide bonds. The predicted molar refractivity (Wildman–Crippen MR) is 99.1 cm³/mol. The number of aromatic amines is 1. The van der Waals surface area contributed by atoms with Gasteiger partial charge < -0.3 is 15.5 Å². The van der Waals surface area contributed by atoms with Gasteiger partial charge in [0, 0.05) is 31.2 Å². The van der Waals surface area contributed by atoms with Gasteiger partial charge in [0.2, 0.25) is 0 Å². The molecular weight excluding hydrogens is 316 g/mol. The van der Waals surface area contributed by atoms with Crippen molar-refractivity contribution in [3.05, 3.63) is 35.3 Å². The van der Waals surface area contributed by atoms with Gasteiger partial charge in [-0.05, 0) is 51.8 Å². The quantitative estimate of drug-likeness (QED) is 0.780. The van der Waals surface area contributed by atoms with E-state index in [4.69, 9.17) is 0 Å². The first kappa shape index (κ1) is 17.3. The monoisotopic (exact) mass is 342 g/mol. The third-order valence-corrected chi connectivity index (χ3v) is 4.40. The molecule has 0 bridgehead atoms. The molecule has 134 valence electrons. The highest BCUT2D eigenvalue weighted by Gasteiger charge is 2.15. The fourth-order valence-electron chi connectivity index (χ4n) is 3.13. The Morgan fingerprint density at radius 2 is 2.08 bits per heavy atom. The Balaban J connectivity index is 1.55. The number of anilines is 2. The van der Waals surface area contributed by atoms with Gasteiger partial charge in [-0.3, -0.25) is 5.10 Å². The van der Waals surface area contributed by atoms with Crippen molar-refractivity contribution in [3.63, 3.8) is 0 Å². The topological polar surface area (TPSA) is 85.9 Å². The molecule has 0 radical (unpaired) electrons. The highest BCUT2D eigenvalue weighted by atomic mass is 16.2. The number of aromatic nitrogens is 3. The molecule has 0 unspecified atom stereocenters. The average molecular weight is 342 g/mol. The molecule has 3 rings (SSSR count). The van der Waals surface area contributed by atoms with Crippen LogP contribution in [0.2, 0.25) is 0 Å². The third kappa shape index (κ3) is 4.49. The van der Waals surface area contributed by atoms with Crippen molar-refractivity contribution in [1.29, 1.82) is 0 Å². The van der Waals surface area contributed by atoms with Crippen molar-refractivity contribution >= 4 is 17.5 Å². The lowest BCUT2D eigenvalue weighted by atomic mass is 10.2. The number of carbonyl (C=O) groups is 1. The Labute approximate surface area is 148 Å². The first-order valence-corrected chi connectivity index (χ1v) is 8.82. The van der Waals surface area contributed by atoms with E-state index in [0.29, 0.717) is 6.42 Å². The molecule has 3 heterocycles. The zero-order valence-electron chi connectivity index (χ0n) is 15.1. The maximum Gasteiger partial charge on any atom is 0.319 e. The standard InChI is InChI=1S/C18H26N6O/c1-12(10-15-11-13(2)22-23-15)19-18(25)21-16-6-7-17(20-14(16)3)24-8-4-5-9-24/h6-7,11-12H,4-5,8-10H2,1-3H3,(H,22,23)(H2,19,21,25)/t12-/m1/s1. The molecule has 0 saturated carbocycles. The number of pyridine rings is 1. The fourth-order valence-corrected chi connectivity index (χ4v) is 3.13. The van der Waals surface area contributed by atoms with Crippen molar-refractivity contribution in [1.82, 2.24) is 20.5 Å². The van der Waals surface area contributed by atoms with Gasteiger partial charge in [0.05, 0.1) is 17.1 Å². The smallest absolute Gasteiger partial charge is 0.319 e. The van der Waals surface area contributed by atoms with Crippen LogP contribution in [0.25, 0.3) is 0 Å². The van der Waals surface area contributed by atoms with E-state index in [9.17, 15) is 4.79 Å². The molecule has 7 heteroatoms. The summed E-state index contributed by atoms with van der Waals surface area (Å²) in [4.78, 5) is 19.1. The Morgan fingerprint density at radius 3 is 2.72 bits per heavy atom. The maximum atomic E-state index is 12.2. The molecule has 1 saturated heterocycles. The van der Waals surface area contributed by atoms with Crippen molar-refractivity contribution in [2.75, 3.05) is 23.3 Å². The molecule has 2 aromatic rings. The van der Waals surface area contributed by atoms with Crippen molar-refractivity contribution in [3.8, 4) is 0 Å². The lowest BCUT2D eigenvalue weighted by molar-refractivity contribution is 0.249. The predicted octanol–water partition coefficient (Wildman–Crippen LogP) is 2.77. The first-order chi connectivity index (χ1) is 12.0. The van der Waals surface area contributed by atoms with Crippen LogP contribution in [0.3, 0.4) is 0 Å². The van der Waals surface area contributed by atoms with Gasteiger partial charge in [0.15, 0.2) is 0 Å². The minimum absolute atomic E-state index is 0.0140. The average Bonchev–Trinajstić information content (AvgIpc) is 3.21. The number of H-pyrrole nitrogens is 1. The molecule has 2 aromatic heterocycles. The molecule has 25 heavy (non-hydrogen) atoms. The Morgan fingerprint density at radius 1 is 1.32 bits per heavy atom. The zero-order chi connectivity index (χ0) is 17.8. The number of nitrogens with zero attached hydrogens (tertiary/aromatic N) is 3. The zero-order valence-corrected chi connectivity index (χ0v) is 15.1.